The van der Waals surface area contributed by atoms with Crippen LogP contribution in [-0.2, 0) is 13.2 Å². The zero-order valence-electron chi connectivity index (χ0n) is 11.9. The molecule has 20 heavy (non-hydrogen) atoms. The number of nitrogens with zero attached hydrogens (tertiary/aromatic N) is 1. The lowest BCUT2D eigenvalue weighted by molar-refractivity contribution is 0.220. The second-order valence-electron chi connectivity index (χ2n) is 5.62. The van der Waals surface area contributed by atoms with Gasteiger partial charge in [0.05, 0.1) is 5.69 Å². The predicted octanol–water partition coefficient (Wildman–Crippen LogP) is 3.90. The molecule has 0 aliphatic heterocycles. The summed E-state index contributed by atoms with van der Waals surface area (Å²) in [7, 11) is 0. The number of nitrogens with one attached hydrogen (secondary N) is 1. The number of oxazole rings is 1. The van der Waals surface area contributed by atoms with Gasteiger partial charge < -0.3 is 14.5 Å². The van der Waals surface area contributed by atoms with E-state index in [1.54, 1.807) is 6.26 Å². The lowest BCUT2D eigenvalue weighted by Gasteiger charge is -2.19. The number of rotatable bonds is 5. The van der Waals surface area contributed by atoms with E-state index >= 15 is 0 Å². The monoisotopic (exact) mass is 338 g/mol. The van der Waals surface area contributed by atoms with Crippen LogP contribution in [0.15, 0.2) is 39.4 Å². The Morgan fingerprint density at radius 3 is 2.60 bits per heavy atom. The summed E-state index contributed by atoms with van der Waals surface area (Å²) in [4.78, 5) is 4.29. The van der Waals surface area contributed by atoms with Crippen LogP contribution in [0.25, 0.3) is 0 Å². The molecule has 0 bridgehead atoms. The normalized spacial score (nSPS) is 11.6. The largest absolute Gasteiger partial charge is 0.445 e. The van der Waals surface area contributed by atoms with E-state index in [1.165, 1.54) is 0 Å². The van der Waals surface area contributed by atoms with Crippen LogP contribution in [0.2, 0.25) is 0 Å². The first kappa shape index (κ1) is 15.1. The zero-order valence-corrected chi connectivity index (χ0v) is 13.5. The molecule has 5 heteroatoms. The molecule has 1 heterocycles. The zero-order chi connectivity index (χ0) is 14.6. The van der Waals surface area contributed by atoms with Crippen molar-refractivity contribution in [3.05, 3.63) is 46.3 Å². The molecule has 108 valence electrons. The molecule has 0 atom stereocenters. The maximum Gasteiger partial charge on any atom is 0.394 e. The molecule has 1 N–H and O–H groups in total. The fraction of sp³-hybridized carbons (Fsp3) is 0.400. The van der Waals surface area contributed by atoms with E-state index in [-0.39, 0.29) is 5.54 Å². The quantitative estimate of drug-likeness (QED) is 0.897. The van der Waals surface area contributed by atoms with Gasteiger partial charge in [0.2, 0.25) is 0 Å². The van der Waals surface area contributed by atoms with Crippen molar-refractivity contribution < 1.29 is 9.15 Å². The van der Waals surface area contributed by atoms with Crippen molar-refractivity contribution in [1.29, 1.82) is 0 Å². The summed E-state index contributed by atoms with van der Waals surface area (Å²) in [5.41, 5.74) is 1.96. The number of hydrogen-bond donors (Lipinski definition) is 1. The lowest BCUT2D eigenvalue weighted by atomic mass is 10.1. The fourth-order valence-corrected chi connectivity index (χ4v) is 1.78. The molecule has 0 radical (unpaired) electrons. The third kappa shape index (κ3) is 4.98. The Balaban J connectivity index is 1.85. The van der Waals surface area contributed by atoms with Gasteiger partial charge in [-0.1, -0.05) is 28.1 Å². The molecule has 1 aromatic carbocycles. The highest BCUT2D eigenvalue weighted by Crippen LogP contribution is 2.15. The molecule has 0 saturated heterocycles. The molecule has 0 spiro atoms. The molecule has 0 unspecified atom stereocenters. The van der Waals surface area contributed by atoms with Gasteiger partial charge in [-0.3, -0.25) is 0 Å². The summed E-state index contributed by atoms with van der Waals surface area (Å²) < 4.78 is 11.9. The van der Waals surface area contributed by atoms with Crippen LogP contribution in [0.5, 0.6) is 6.08 Å². The van der Waals surface area contributed by atoms with Crippen LogP contribution in [-0.4, -0.2) is 10.5 Å². The maximum absolute atomic E-state index is 5.52. The average molecular weight is 339 g/mol. The highest BCUT2D eigenvalue weighted by Gasteiger charge is 2.11. The minimum Gasteiger partial charge on any atom is -0.445 e. The number of halogens is 1. The van der Waals surface area contributed by atoms with Gasteiger partial charge in [-0.2, -0.15) is 4.98 Å². The van der Waals surface area contributed by atoms with Crippen LogP contribution >= 0.6 is 15.9 Å². The van der Waals surface area contributed by atoms with Crippen molar-refractivity contribution in [1.82, 2.24) is 10.3 Å². The maximum atomic E-state index is 5.52. The van der Waals surface area contributed by atoms with Crippen molar-refractivity contribution in [2.75, 3.05) is 0 Å². The first-order valence-electron chi connectivity index (χ1n) is 6.49. The van der Waals surface area contributed by atoms with Crippen molar-refractivity contribution in [2.24, 2.45) is 0 Å². The van der Waals surface area contributed by atoms with E-state index in [4.69, 9.17) is 9.15 Å². The summed E-state index contributed by atoms with van der Waals surface area (Å²) in [5, 5.41) is 3.35. The standard InChI is InChI=1S/C15H19BrN2O2/c1-15(2,3)17-8-13-10-20-14(18-13)19-9-11-4-6-12(16)7-5-11/h4-7,10,17H,8-9H2,1-3H3. The second kappa shape index (κ2) is 6.41. The van der Waals surface area contributed by atoms with Crippen LogP contribution in [0.3, 0.4) is 0 Å². The molecule has 0 saturated carbocycles. The molecule has 4 nitrogen and oxygen atoms in total. The topological polar surface area (TPSA) is 47.3 Å². The SMILES string of the molecule is CC(C)(C)NCc1coc(OCc2ccc(Br)cc2)n1. The first-order valence-corrected chi connectivity index (χ1v) is 7.28. The van der Waals surface area contributed by atoms with Gasteiger partial charge in [0.15, 0.2) is 0 Å². The first-order chi connectivity index (χ1) is 9.42. The van der Waals surface area contributed by atoms with Gasteiger partial charge in [0.25, 0.3) is 0 Å². The number of ether oxygens (including phenoxy) is 1. The number of aromatic nitrogens is 1. The average Bonchev–Trinajstić information content (AvgIpc) is 2.83. The molecule has 0 aliphatic carbocycles. The van der Waals surface area contributed by atoms with E-state index in [0.29, 0.717) is 19.2 Å². The van der Waals surface area contributed by atoms with Crippen molar-refractivity contribution >= 4 is 15.9 Å². The Hall–Kier alpha value is -1.33. The third-order valence-corrected chi connectivity index (χ3v) is 3.13. The third-order valence-electron chi connectivity index (χ3n) is 2.61. The van der Waals surface area contributed by atoms with Gasteiger partial charge in [-0.15, -0.1) is 0 Å². The van der Waals surface area contributed by atoms with Gasteiger partial charge in [0.1, 0.15) is 12.9 Å². The van der Waals surface area contributed by atoms with Gasteiger partial charge >= 0.3 is 6.08 Å². The second-order valence-corrected chi connectivity index (χ2v) is 6.54. The predicted molar refractivity (Wildman–Crippen MR) is 81.6 cm³/mol. The summed E-state index contributed by atoms with van der Waals surface area (Å²) in [6.07, 6.45) is 1.92. The van der Waals surface area contributed by atoms with E-state index in [2.05, 4.69) is 47.0 Å². The molecule has 2 aromatic rings. The summed E-state index contributed by atoms with van der Waals surface area (Å²) >= 11 is 3.40. The number of hydrogen-bond acceptors (Lipinski definition) is 4. The Morgan fingerprint density at radius 2 is 1.95 bits per heavy atom. The van der Waals surface area contributed by atoms with Gasteiger partial charge in [0, 0.05) is 16.6 Å². The Labute approximate surface area is 127 Å². The van der Waals surface area contributed by atoms with E-state index in [9.17, 15) is 0 Å². The molecule has 1 aromatic heterocycles. The van der Waals surface area contributed by atoms with E-state index in [0.717, 1.165) is 15.7 Å². The lowest BCUT2D eigenvalue weighted by Crippen LogP contribution is -2.35. The molecule has 0 fully saturated rings. The summed E-state index contributed by atoms with van der Waals surface area (Å²) in [6.45, 7) is 7.43. The van der Waals surface area contributed by atoms with Crippen LogP contribution in [0.1, 0.15) is 32.0 Å². The molecule has 0 aliphatic rings. The Kier molecular flexibility index (Phi) is 4.83. The molecule has 2 rings (SSSR count). The highest BCUT2D eigenvalue weighted by molar-refractivity contribution is 9.10. The molecular formula is C15H19BrN2O2. The number of benzene rings is 1. The van der Waals surface area contributed by atoms with Crippen LogP contribution in [0, 0.1) is 0 Å². The Morgan fingerprint density at radius 1 is 1.25 bits per heavy atom. The smallest absolute Gasteiger partial charge is 0.394 e. The Bertz CT molecular complexity index is 544. The summed E-state index contributed by atoms with van der Waals surface area (Å²) in [5.74, 6) is 0. The molecule has 0 amide bonds. The van der Waals surface area contributed by atoms with Crippen molar-refractivity contribution in [2.45, 2.75) is 39.5 Å². The fourth-order valence-electron chi connectivity index (χ4n) is 1.52. The summed E-state index contributed by atoms with van der Waals surface area (Å²) in [6, 6.07) is 7.95. The van der Waals surface area contributed by atoms with Crippen molar-refractivity contribution in [3.8, 4) is 6.08 Å². The van der Waals surface area contributed by atoms with E-state index < -0.39 is 0 Å². The van der Waals surface area contributed by atoms with Crippen molar-refractivity contribution in [3.63, 3.8) is 0 Å². The van der Waals surface area contributed by atoms with Gasteiger partial charge in [-0.25, -0.2) is 0 Å². The minimum absolute atomic E-state index is 0.0530. The molecular weight excluding hydrogens is 320 g/mol. The van der Waals surface area contributed by atoms with E-state index in [1.807, 2.05) is 24.3 Å². The van der Waals surface area contributed by atoms with Gasteiger partial charge in [-0.05, 0) is 38.5 Å². The van der Waals surface area contributed by atoms with Crippen LogP contribution in [0.4, 0.5) is 0 Å². The van der Waals surface area contributed by atoms with Crippen LogP contribution < -0.4 is 10.1 Å². The highest BCUT2D eigenvalue weighted by atomic mass is 79.9. The minimum atomic E-state index is 0.0530.